The Kier molecular flexibility index (Phi) is 4.44. The van der Waals surface area contributed by atoms with Crippen molar-refractivity contribution in [2.24, 2.45) is 0 Å². The van der Waals surface area contributed by atoms with E-state index >= 15 is 0 Å². The fraction of sp³-hybridized carbons (Fsp3) is 0.111. The molecule has 7 heteroatoms. The van der Waals surface area contributed by atoms with Crippen molar-refractivity contribution in [3.8, 4) is 0 Å². The fourth-order valence-corrected chi connectivity index (χ4v) is 2.05. The largest absolute Gasteiger partial charge is 0.465 e. The SMILES string of the molecule is COC(=O)c1c(Cl)c(Cl)c(Cl)c(Cl)c1C=O. The maximum Gasteiger partial charge on any atom is 0.340 e. The van der Waals surface area contributed by atoms with Crippen LogP contribution in [0.5, 0.6) is 0 Å². The molecular formula is C9H4Cl4O3. The van der Waals surface area contributed by atoms with E-state index in [0.29, 0.717) is 6.29 Å². The van der Waals surface area contributed by atoms with Gasteiger partial charge in [0.2, 0.25) is 0 Å². The monoisotopic (exact) mass is 300 g/mol. The van der Waals surface area contributed by atoms with Crippen LogP contribution in [0.15, 0.2) is 0 Å². The van der Waals surface area contributed by atoms with E-state index in [9.17, 15) is 9.59 Å². The van der Waals surface area contributed by atoms with Gasteiger partial charge in [-0.15, -0.1) is 0 Å². The molecule has 0 aliphatic heterocycles. The zero-order valence-corrected chi connectivity index (χ0v) is 10.8. The highest BCUT2D eigenvalue weighted by Gasteiger charge is 2.25. The molecule has 0 aromatic heterocycles. The van der Waals surface area contributed by atoms with Gasteiger partial charge < -0.3 is 4.74 Å². The van der Waals surface area contributed by atoms with E-state index in [4.69, 9.17) is 46.4 Å². The van der Waals surface area contributed by atoms with E-state index in [2.05, 4.69) is 4.74 Å². The molecule has 1 aromatic carbocycles. The molecule has 0 atom stereocenters. The van der Waals surface area contributed by atoms with Crippen LogP contribution in [0.1, 0.15) is 20.7 Å². The lowest BCUT2D eigenvalue weighted by molar-refractivity contribution is 0.0598. The summed E-state index contributed by atoms with van der Waals surface area (Å²) in [5, 5.41) is -0.473. The van der Waals surface area contributed by atoms with Crippen LogP contribution in [0, 0.1) is 0 Å². The Hall–Kier alpha value is -0.480. The summed E-state index contributed by atoms with van der Waals surface area (Å²) in [6, 6.07) is 0. The zero-order valence-electron chi connectivity index (χ0n) is 7.81. The topological polar surface area (TPSA) is 43.4 Å². The van der Waals surface area contributed by atoms with Crippen molar-refractivity contribution in [2.45, 2.75) is 0 Å². The number of hydrogen-bond acceptors (Lipinski definition) is 3. The van der Waals surface area contributed by atoms with Gasteiger partial charge in [0.15, 0.2) is 6.29 Å². The van der Waals surface area contributed by atoms with E-state index in [1.165, 1.54) is 0 Å². The molecule has 1 rings (SSSR count). The number of carbonyl (C=O) groups excluding carboxylic acids is 2. The van der Waals surface area contributed by atoms with Crippen molar-refractivity contribution in [1.29, 1.82) is 0 Å². The van der Waals surface area contributed by atoms with Crippen molar-refractivity contribution in [1.82, 2.24) is 0 Å². The first-order chi connectivity index (χ1) is 7.45. The second-order valence-corrected chi connectivity index (χ2v) is 4.17. The maximum atomic E-state index is 11.4. The van der Waals surface area contributed by atoms with Crippen molar-refractivity contribution >= 4 is 58.7 Å². The Labute approximate surface area is 111 Å². The van der Waals surface area contributed by atoms with Crippen molar-refractivity contribution in [3.05, 3.63) is 31.2 Å². The number of esters is 1. The van der Waals surface area contributed by atoms with Gasteiger partial charge in [-0.3, -0.25) is 4.79 Å². The molecule has 86 valence electrons. The average Bonchev–Trinajstić information content (AvgIpc) is 2.29. The van der Waals surface area contributed by atoms with Gasteiger partial charge in [-0.2, -0.15) is 0 Å². The minimum Gasteiger partial charge on any atom is -0.465 e. The van der Waals surface area contributed by atoms with Crippen molar-refractivity contribution in [3.63, 3.8) is 0 Å². The number of carbonyl (C=O) groups is 2. The molecular weight excluding hydrogens is 298 g/mol. The molecule has 0 N–H and O–H groups in total. The van der Waals surface area contributed by atoms with Crippen molar-refractivity contribution in [2.75, 3.05) is 7.11 Å². The molecule has 0 unspecified atom stereocenters. The van der Waals surface area contributed by atoms with Gasteiger partial charge in [-0.05, 0) is 0 Å². The number of ether oxygens (including phenoxy) is 1. The van der Waals surface area contributed by atoms with Gasteiger partial charge >= 0.3 is 5.97 Å². The molecule has 0 heterocycles. The van der Waals surface area contributed by atoms with Crippen LogP contribution in [0.3, 0.4) is 0 Å². The minimum atomic E-state index is -0.812. The van der Waals surface area contributed by atoms with Gasteiger partial charge in [0.25, 0.3) is 0 Å². The molecule has 0 radical (unpaired) electrons. The lowest BCUT2D eigenvalue weighted by Gasteiger charge is -2.10. The van der Waals surface area contributed by atoms with E-state index in [1.807, 2.05) is 0 Å². The Morgan fingerprint density at radius 1 is 1.06 bits per heavy atom. The third-order valence-corrected chi connectivity index (χ3v) is 3.63. The molecule has 0 spiro atoms. The molecule has 0 aliphatic rings. The molecule has 3 nitrogen and oxygen atoms in total. The first kappa shape index (κ1) is 13.6. The maximum absolute atomic E-state index is 11.4. The summed E-state index contributed by atoms with van der Waals surface area (Å²) in [6.07, 6.45) is 0.364. The highest BCUT2D eigenvalue weighted by Crippen LogP contribution is 2.41. The summed E-state index contributed by atoms with van der Waals surface area (Å²) >= 11 is 23.0. The predicted molar refractivity (Wildman–Crippen MR) is 63.2 cm³/mol. The van der Waals surface area contributed by atoms with Crippen LogP contribution in [0.4, 0.5) is 0 Å². The number of halogens is 4. The normalized spacial score (nSPS) is 10.1. The quantitative estimate of drug-likeness (QED) is 0.360. The Balaban J connectivity index is 3.70. The number of benzene rings is 1. The number of aldehydes is 1. The minimum absolute atomic E-state index is 0.0805. The molecule has 0 aliphatic carbocycles. The van der Waals surface area contributed by atoms with E-state index in [-0.39, 0.29) is 31.2 Å². The highest BCUT2D eigenvalue weighted by molar-refractivity contribution is 6.53. The first-order valence-corrected chi connectivity index (χ1v) is 5.36. The van der Waals surface area contributed by atoms with Gasteiger partial charge in [-0.1, -0.05) is 46.4 Å². The standard InChI is InChI=1S/C9H4Cl4O3/c1-16-9(15)4-3(2-14)5(10)7(12)8(13)6(4)11/h2H,1H3. The Morgan fingerprint density at radius 2 is 1.56 bits per heavy atom. The molecule has 0 fully saturated rings. The first-order valence-electron chi connectivity index (χ1n) is 3.85. The molecule has 0 saturated carbocycles. The summed E-state index contributed by atoms with van der Waals surface area (Å²) in [6.45, 7) is 0. The summed E-state index contributed by atoms with van der Waals surface area (Å²) in [5.41, 5.74) is -0.341. The van der Waals surface area contributed by atoms with Gasteiger partial charge in [0.1, 0.15) is 0 Å². The van der Waals surface area contributed by atoms with Gasteiger partial charge in [0, 0.05) is 0 Å². The lowest BCUT2D eigenvalue weighted by atomic mass is 10.1. The van der Waals surface area contributed by atoms with Crippen LogP contribution >= 0.6 is 46.4 Å². The second kappa shape index (κ2) is 5.23. The van der Waals surface area contributed by atoms with Crippen LogP contribution in [-0.2, 0) is 4.74 Å². The molecule has 16 heavy (non-hydrogen) atoms. The summed E-state index contributed by atoms with van der Waals surface area (Å²) in [5.74, 6) is -0.812. The number of rotatable bonds is 2. The van der Waals surface area contributed by atoms with Crippen LogP contribution in [0.25, 0.3) is 0 Å². The summed E-state index contributed by atoms with van der Waals surface area (Å²) in [4.78, 5) is 22.2. The van der Waals surface area contributed by atoms with Crippen LogP contribution in [0.2, 0.25) is 20.1 Å². The van der Waals surface area contributed by atoms with Crippen molar-refractivity contribution < 1.29 is 14.3 Å². The van der Waals surface area contributed by atoms with E-state index in [0.717, 1.165) is 7.11 Å². The third kappa shape index (κ3) is 2.13. The van der Waals surface area contributed by atoms with Crippen LogP contribution < -0.4 is 0 Å². The third-order valence-electron chi connectivity index (χ3n) is 1.81. The second-order valence-electron chi connectivity index (χ2n) is 2.65. The average molecular weight is 302 g/mol. The summed E-state index contributed by atoms with van der Waals surface area (Å²) < 4.78 is 4.47. The number of hydrogen-bond donors (Lipinski definition) is 0. The Morgan fingerprint density at radius 3 is 2.00 bits per heavy atom. The lowest BCUT2D eigenvalue weighted by Crippen LogP contribution is -2.08. The molecule has 1 aromatic rings. The Bertz CT molecular complexity index is 471. The number of methoxy groups -OCH3 is 1. The van der Waals surface area contributed by atoms with Crippen LogP contribution in [-0.4, -0.2) is 19.4 Å². The van der Waals surface area contributed by atoms with E-state index < -0.39 is 5.97 Å². The van der Waals surface area contributed by atoms with Gasteiger partial charge in [0.05, 0.1) is 38.3 Å². The van der Waals surface area contributed by atoms with E-state index in [1.54, 1.807) is 0 Å². The highest BCUT2D eigenvalue weighted by atomic mass is 35.5. The molecule has 0 bridgehead atoms. The zero-order chi connectivity index (χ0) is 12.5. The smallest absolute Gasteiger partial charge is 0.340 e. The molecule has 0 amide bonds. The predicted octanol–water partition coefficient (Wildman–Crippen LogP) is 3.90. The fourth-order valence-electron chi connectivity index (χ4n) is 1.06. The summed E-state index contributed by atoms with van der Waals surface area (Å²) in [7, 11) is 1.14. The molecule has 0 saturated heterocycles. The van der Waals surface area contributed by atoms with Gasteiger partial charge in [-0.25, -0.2) is 4.79 Å².